The van der Waals surface area contributed by atoms with Gasteiger partial charge in [-0.1, -0.05) is 12.1 Å². The molecule has 0 saturated heterocycles. The van der Waals surface area contributed by atoms with Crippen molar-refractivity contribution in [1.29, 1.82) is 0 Å². The topological polar surface area (TPSA) is 67.8 Å². The third kappa shape index (κ3) is 7.34. The lowest BCUT2D eigenvalue weighted by Gasteiger charge is -2.23. The Labute approximate surface area is 151 Å². The Morgan fingerprint density at radius 1 is 1.16 bits per heavy atom. The fourth-order valence-corrected chi connectivity index (χ4v) is 2.50. The first-order valence-electron chi connectivity index (χ1n) is 8.05. The summed E-state index contributed by atoms with van der Waals surface area (Å²) in [5.41, 5.74) is 0.354. The van der Waals surface area contributed by atoms with Crippen LogP contribution in [0.4, 0.5) is 9.18 Å². The molecule has 1 N–H and O–H groups in total. The zero-order valence-corrected chi connectivity index (χ0v) is 16.7. The second-order valence-corrected chi connectivity index (χ2v) is 9.62. The summed E-state index contributed by atoms with van der Waals surface area (Å²) in [5.74, 6) is -0.382. The van der Waals surface area contributed by atoms with E-state index in [-0.39, 0.29) is 5.82 Å². The number of hydrogen-bond donors (Lipinski definition) is 1. The molecular weight excluding hydrogens is 343 g/mol. The smallest absolute Gasteiger partial charge is 0.408 e. The highest BCUT2D eigenvalue weighted by atomic mass is 32.2. The van der Waals surface area contributed by atoms with Crippen LogP contribution < -0.4 is 5.32 Å². The molecule has 0 aliphatic heterocycles. The van der Waals surface area contributed by atoms with Crippen LogP contribution in [0.15, 0.2) is 28.7 Å². The number of carbonyl (C=O) groups is 1. The lowest BCUT2D eigenvalue weighted by Crippen LogP contribution is -2.42. The molecule has 140 valence electrons. The molecule has 7 heteroatoms. The maximum Gasteiger partial charge on any atom is 0.408 e. The van der Waals surface area contributed by atoms with E-state index < -0.39 is 33.5 Å². The lowest BCUT2D eigenvalue weighted by molar-refractivity contribution is 0.0521. The predicted octanol–water partition coefficient (Wildman–Crippen LogP) is 3.99. The molecule has 2 atom stereocenters. The summed E-state index contributed by atoms with van der Waals surface area (Å²) in [7, 11) is -1.53. The zero-order chi connectivity index (χ0) is 19.4. The van der Waals surface area contributed by atoms with E-state index in [1.165, 1.54) is 12.1 Å². The van der Waals surface area contributed by atoms with Crippen molar-refractivity contribution >= 4 is 22.8 Å². The molecule has 1 unspecified atom stereocenters. The minimum absolute atomic E-state index is 0.382. The van der Waals surface area contributed by atoms with E-state index >= 15 is 0 Å². The monoisotopic (exact) mass is 370 g/mol. The van der Waals surface area contributed by atoms with Crippen LogP contribution in [0.1, 0.15) is 54.0 Å². The van der Waals surface area contributed by atoms with Gasteiger partial charge in [0.15, 0.2) is 0 Å². The van der Waals surface area contributed by atoms with Crippen molar-refractivity contribution in [1.82, 2.24) is 5.32 Å². The number of halogens is 1. The Hall–Kier alpha value is -1.76. The van der Waals surface area contributed by atoms with E-state index in [0.29, 0.717) is 11.3 Å². The van der Waals surface area contributed by atoms with Crippen LogP contribution in [0.2, 0.25) is 0 Å². The number of rotatable bonds is 4. The summed E-state index contributed by atoms with van der Waals surface area (Å²) in [6.45, 7) is 12.4. The molecular formula is C18H27FN2O3S. The van der Waals surface area contributed by atoms with Gasteiger partial charge in [-0.15, -0.1) is 0 Å². The number of alkyl carbamates (subject to hydrolysis) is 1. The second kappa shape index (κ2) is 8.08. The van der Waals surface area contributed by atoms with Gasteiger partial charge in [-0.25, -0.2) is 13.4 Å². The Bertz CT molecular complexity index is 658. The number of ether oxygens (including phenoxy) is 1. The summed E-state index contributed by atoms with van der Waals surface area (Å²) in [4.78, 5) is 12.0. The average molecular weight is 370 g/mol. The van der Waals surface area contributed by atoms with E-state index in [1.807, 2.05) is 0 Å². The first-order chi connectivity index (χ1) is 11.3. The lowest BCUT2D eigenvalue weighted by atomic mass is 10.0. The van der Waals surface area contributed by atoms with Crippen molar-refractivity contribution in [2.75, 3.05) is 0 Å². The first-order valence-corrected chi connectivity index (χ1v) is 9.16. The van der Waals surface area contributed by atoms with Gasteiger partial charge in [-0.05, 0) is 66.2 Å². The minimum atomic E-state index is -1.53. The van der Waals surface area contributed by atoms with Gasteiger partial charge in [0.25, 0.3) is 0 Å². The van der Waals surface area contributed by atoms with Gasteiger partial charge < -0.3 is 10.1 Å². The summed E-state index contributed by atoms with van der Waals surface area (Å²) in [5, 5.41) is 2.69. The quantitative estimate of drug-likeness (QED) is 0.815. The van der Waals surface area contributed by atoms with Crippen molar-refractivity contribution in [3.63, 3.8) is 0 Å². The largest absolute Gasteiger partial charge is 0.444 e. The summed E-state index contributed by atoms with van der Waals surface area (Å²) >= 11 is 0. The van der Waals surface area contributed by atoms with Crippen LogP contribution in [0.3, 0.4) is 0 Å². The molecule has 1 amide bonds. The van der Waals surface area contributed by atoms with Crippen LogP contribution in [0.5, 0.6) is 0 Å². The Kier molecular flexibility index (Phi) is 6.88. The van der Waals surface area contributed by atoms with Crippen molar-refractivity contribution in [2.24, 2.45) is 4.40 Å². The van der Waals surface area contributed by atoms with Gasteiger partial charge in [0, 0.05) is 0 Å². The summed E-state index contributed by atoms with van der Waals surface area (Å²) in [6, 6.07) is 5.12. The van der Waals surface area contributed by atoms with Crippen LogP contribution in [-0.4, -0.2) is 32.4 Å². The number of amides is 1. The van der Waals surface area contributed by atoms with E-state index in [1.54, 1.807) is 60.6 Å². The number of benzene rings is 1. The average Bonchev–Trinajstić information content (AvgIpc) is 2.42. The number of hydrogen-bond acceptors (Lipinski definition) is 3. The highest BCUT2D eigenvalue weighted by molar-refractivity contribution is 7.85. The van der Waals surface area contributed by atoms with Gasteiger partial charge in [0.1, 0.15) is 22.4 Å². The van der Waals surface area contributed by atoms with E-state index in [9.17, 15) is 13.4 Å². The van der Waals surface area contributed by atoms with E-state index in [2.05, 4.69) is 9.71 Å². The second-order valence-electron chi connectivity index (χ2n) is 7.71. The maximum atomic E-state index is 13.2. The highest BCUT2D eigenvalue weighted by Crippen LogP contribution is 2.16. The Morgan fingerprint density at radius 2 is 1.68 bits per heavy atom. The van der Waals surface area contributed by atoms with E-state index in [4.69, 9.17) is 4.74 Å². The molecule has 0 bridgehead atoms. The van der Waals surface area contributed by atoms with Crippen LogP contribution in [0.25, 0.3) is 0 Å². The molecule has 5 nitrogen and oxygen atoms in total. The van der Waals surface area contributed by atoms with E-state index in [0.717, 1.165) is 0 Å². The molecule has 25 heavy (non-hydrogen) atoms. The molecule has 0 saturated carbocycles. The van der Waals surface area contributed by atoms with Gasteiger partial charge in [-0.3, -0.25) is 0 Å². The SMILES string of the molecule is C[C@H](NC(=O)OC(C)(C)C)/C(=N\S(=O)C(C)(C)C)c1ccc(F)cc1. The minimum Gasteiger partial charge on any atom is -0.444 e. The number of nitrogens with one attached hydrogen (secondary N) is 1. The van der Waals surface area contributed by atoms with Gasteiger partial charge >= 0.3 is 6.09 Å². The van der Waals surface area contributed by atoms with Crippen molar-refractivity contribution in [3.8, 4) is 0 Å². The summed E-state index contributed by atoms with van der Waals surface area (Å²) in [6.07, 6.45) is -0.601. The fraction of sp³-hybridized carbons (Fsp3) is 0.556. The Morgan fingerprint density at radius 3 is 2.12 bits per heavy atom. The molecule has 0 radical (unpaired) electrons. The molecule has 0 aliphatic carbocycles. The van der Waals surface area contributed by atoms with Crippen molar-refractivity contribution in [2.45, 2.75) is 64.9 Å². The maximum absolute atomic E-state index is 13.2. The number of nitrogens with zero attached hydrogens (tertiary/aromatic N) is 1. The van der Waals surface area contributed by atoms with Crippen LogP contribution >= 0.6 is 0 Å². The molecule has 1 rings (SSSR count). The van der Waals surface area contributed by atoms with Gasteiger partial charge in [-0.2, -0.15) is 4.40 Å². The molecule has 1 aromatic carbocycles. The van der Waals surface area contributed by atoms with Crippen LogP contribution in [0, 0.1) is 5.82 Å². The molecule has 0 heterocycles. The molecule has 0 fully saturated rings. The van der Waals surface area contributed by atoms with Gasteiger partial charge in [0.2, 0.25) is 0 Å². The van der Waals surface area contributed by atoms with Crippen molar-refractivity contribution < 1.29 is 18.1 Å². The fourth-order valence-electron chi connectivity index (χ4n) is 1.78. The zero-order valence-electron chi connectivity index (χ0n) is 15.8. The van der Waals surface area contributed by atoms with Crippen molar-refractivity contribution in [3.05, 3.63) is 35.6 Å². The first kappa shape index (κ1) is 21.3. The Balaban J connectivity index is 3.14. The predicted molar refractivity (Wildman–Crippen MR) is 99.7 cm³/mol. The molecule has 0 aromatic heterocycles. The van der Waals surface area contributed by atoms with Crippen LogP contribution in [-0.2, 0) is 15.7 Å². The molecule has 0 spiro atoms. The highest BCUT2D eigenvalue weighted by Gasteiger charge is 2.24. The third-order valence-electron chi connectivity index (χ3n) is 2.99. The third-order valence-corrected chi connectivity index (χ3v) is 4.40. The molecule has 1 aromatic rings. The normalized spacial score (nSPS) is 15.4. The summed E-state index contributed by atoms with van der Waals surface area (Å²) < 4.78 is 34.6. The van der Waals surface area contributed by atoms with Gasteiger partial charge in [0.05, 0.1) is 16.5 Å². The number of carbonyl (C=O) groups excluding carboxylic acids is 1. The molecule has 0 aliphatic rings. The standard InChI is InChI=1S/C18H27FN2O3S/c1-12(20-16(22)24-17(2,3)4)15(21-25(23)18(5,6)7)13-8-10-14(19)11-9-13/h8-12H,1-7H3,(H,20,22)/b21-15+/t12-,25?/m0/s1.